The first-order chi connectivity index (χ1) is 14.8. The third kappa shape index (κ3) is 4.41. The standard InChI is InChI=1S/C22H24F3N5O/c1-12(15-6-3-7-16(20(15)23)21(24)25)27-22-17-9-19(30-8-4-5-14(31)11-30)26-10-18(17)28-13(2)29-22/h3,6-7,9-10,12,14,21,31H,4-5,8,11H2,1-2H3,(H,27,28,29)/t12-,14-/m1/s1. The number of anilines is 2. The second-order valence-corrected chi connectivity index (χ2v) is 7.84. The van der Waals surface area contributed by atoms with E-state index in [1.807, 2.05) is 11.0 Å². The lowest BCUT2D eigenvalue weighted by molar-refractivity contribution is 0.146. The van der Waals surface area contributed by atoms with E-state index in [1.165, 1.54) is 12.1 Å². The Labute approximate surface area is 178 Å². The maximum atomic E-state index is 14.6. The van der Waals surface area contributed by atoms with Crippen molar-refractivity contribution in [2.75, 3.05) is 23.3 Å². The number of rotatable bonds is 5. The first kappa shape index (κ1) is 21.3. The second-order valence-electron chi connectivity index (χ2n) is 7.84. The molecule has 0 spiro atoms. The van der Waals surface area contributed by atoms with Crippen LogP contribution in [0.15, 0.2) is 30.5 Å². The number of alkyl halides is 2. The zero-order valence-corrected chi connectivity index (χ0v) is 17.3. The Hall–Kier alpha value is -2.94. The van der Waals surface area contributed by atoms with E-state index in [4.69, 9.17) is 0 Å². The van der Waals surface area contributed by atoms with Gasteiger partial charge in [0.25, 0.3) is 6.43 Å². The van der Waals surface area contributed by atoms with Gasteiger partial charge in [0.2, 0.25) is 0 Å². The van der Waals surface area contributed by atoms with Gasteiger partial charge in [0, 0.05) is 24.0 Å². The molecule has 0 bridgehead atoms. The summed E-state index contributed by atoms with van der Waals surface area (Å²) in [4.78, 5) is 15.4. The van der Waals surface area contributed by atoms with Gasteiger partial charge in [-0.3, -0.25) is 0 Å². The summed E-state index contributed by atoms with van der Waals surface area (Å²) in [5, 5.41) is 13.8. The molecule has 9 heteroatoms. The van der Waals surface area contributed by atoms with Crippen LogP contribution in [0.2, 0.25) is 0 Å². The first-order valence-corrected chi connectivity index (χ1v) is 10.2. The fourth-order valence-corrected chi connectivity index (χ4v) is 3.94. The van der Waals surface area contributed by atoms with E-state index in [-0.39, 0.29) is 5.56 Å². The van der Waals surface area contributed by atoms with Gasteiger partial charge in [-0.15, -0.1) is 0 Å². The number of halogens is 3. The summed E-state index contributed by atoms with van der Waals surface area (Å²) in [6, 6.07) is 5.23. The van der Waals surface area contributed by atoms with Gasteiger partial charge in [0.05, 0.1) is 29.4 Å². The van der Waals surface area contributed by atoms with Crippen LogP contribution in [0.5, 0.6) is 0 Å². The number of aliphatic hydroxyl groups is 1. The Morgan fingerprint density at radius 3 is 2.74 bits per heavy atom. The Bertz CT molecular complexity index is 1090. The number of fused-ring (bicyclic) bond motifs is 1. The van der Waals surface area contributed by atoms with Crippen molar-refractivity contribution in [2.24, 2.45) is 0 Å². The molecule has 3 heterocycles. The molecule has 0 aliphatic carbocycles. The molecule has 1 aromatic carbocycles. The molecule has 0 radical (unpaired) electrons. The van der Waals surface area contributed by atoms with E-state index in [1.54, 1.807) is 20.0 Å². The highest BCUT2D eigenvalue weighted by atomic mass is 19.3. The second kappa shape index (κ2) is 8.66. The van der Waals surface area contributed by atoms with Gasteiger partial charge in [-0.05, 0) is 32.8 Å². The van der Waals surface area contributed by atoms with E-state index in [0.29, 0.717) is 34.9 Å². The largest absolute Gasteiger partial charge is 0.391 e. The molecule has 1 aliphatic heterocycles. The number of aliphatic hydroxyl groups excluding tert-OH is 1. The molecule has 0 amide bonds. The summed E-state index contributed by atoms with van der Waals surface area (Å²) in [5.74, 6) is 0.752. The molecule has 2 N–H and O–H groups in total. The maximum Gasteiger partial charge on any atom is 0.266 e. The number of hydrogen-bond donors (Lipinski definition) is 2. The van der Waals surface area contributed by atoms with Crippen molar-refractivity contribution >= 4 is 22.5 Å². The first-order valence-electron chi connectivity index (χ1n) is 10.2. The van der Waals surface area contributed by atoms with Crippen LogP contribution in [0.4, 0.5) is 24.8 Å². The molecule has 1 fully saturated rings. The quantitative estimate of drug-likeness (QED) is 0.618. The van der Waals surface area contributed by atoms with Crippen molar-refractivity contribution in [2.45, 2.75) is 45.3 Å². The van der Waals surface area contributed by atoms with Gasteiger partial charge >= 0.3 is 0 Å². The predicted octanol–water partition coefficient (Wildman–Crippen LogP) is 4.54. The van der Waals surface area contributed by atoms with Crippen molar-refractivity contribution in [1.29, 1.82) is 0 Å². The zero-order valence-electron chi connectivity index (χ0n) is 17.3. The number of piperidine rings is 1. The number of nitrogens with one attached hydrogen (secondary N) is 1. The fourth-order valence-electron chi connectivity index (χ4n) is 3.94. The fraction of sp³-hybridized carbons (Fsp3) is 0.409. The van der Waals surface area contributed by atoms with Gasteiger partial charge in [0.15, 0.2) is 0 Å². The summed E-state index contributed by atoms with van der Waals surface area (Å²) in [6.07, 6.45) is -0.00701. The van der Waals surface area contributed by atoms with Crippen LogP contribution in [0.3, 0.4) is 0 Å². The van der Waals surface area contributed by atoms with E-state index in [0.717, 1.165) is 25.5 Å². The average Bonchev–Trinajstić information content (AvgIpc) is 2.73. The lowest BCUT2D eigenvalue weighted by Gasteiger charge is -2.31. The number of benzene rings is 1. The predicted molar refractivity (Wildman–Crippen MR) is 113 cm³/mol. The highest BCUT2D eigenvalue weighted by Crippen LogP contribution is 2.31. The highest BCUT2D eigenvalue weighted by Gasteiger charge is 2.22. The molecule has 1 aliphatic rings. The normalized spacial score (nSPS) is 17.9. The lowest BCUT2D eigenvalue weighted by atomic mass is 10.0. The van der Waals surface area contributed by atoms with Gasteiger partial charge in [-0.2, -0.15) is 0 Å². The Kier molecular flexibility index (Phi) is 5.95. The molecule has 0 saturated carbocycles. The van der Waals surface area contributed by atoms with E-state index >= 15 is 0 Å². The Morgan fingerprint density at radius 1 is 1.23 bits per heavy atom. The smallest absolute Gasteiger partial charge is 0.266 e. The molecule has 2 aromatic heterocycles. The molecule has 0 unspecified atom stereocenters. The van der Waals surface area contributed by atoms with Gasteiger partial charge < -0.3 is 15.3 Å². The zero-order chi connectivity index (χ0) is 22.1. The van der Waals surface area contributed by atoms with Crippen LogP contribution < -0.4 is 10.2 Å². The van der Waals surface area contributed by atoms with Crippen LogP contribution in [-0.2, 0) is 0 Å². The number of nitrogens with zero attached hydrogens (tertiary/aromatic N) is 4. The van der Waals surface area contributed by atoms with Crippen molar-refractivity contribution in [1.82, 2.24) is 15.0 Å². The summed E-state index contributed by atoms with van der Waals surface area (Å²) < 4.78 is 40.8. The third-order valence-electron chi connectivity index (χ3n) is 5.51. The third-order valence-corrected chi connectivity index (χ3v) is 5.51. The van der Waals surface area contributed by atoms with E-state index in [2.05, 4.69) is 20.3 Å². The van der Waals surface area contributed by atoms with Crippen molar-refractivity contribution in [3.63, 3.8) is 0 Å². The molecule has 6 nitrogen and oxygen atoms in total. The van der Waals surface area contributed by atoms with Gasteiger partial charge in [-0.25, -0.2) is 28.1 Å². The van der Waals surface area contributed by atoms with Crippen LogP contribution in [-0.4, -0.2) is 39.3 Å². The number of hydrogen-bond acceptors (Lipinski definition) is 6. The van der Waals surface area contributed by atoms with Crippen LogP contribution in [0.1, 0.15) is 49.2 Å². The molecule has 3 aromatic rings. The summed E-state index contributed by atoms with van der Waals surface area (Å²) >= 11 is 0. The van der Waals surface area contributed by atoms with E-state index in [9.17, 15) is 18.3 Å². The summed E-state index contributed by atoms with van der Waals surface area (Å²) in [7, 11) is 0. The highest BCUT2D eigenvalue weighted by molar-refractivity contribution is 5.90. The number of aromatic nitrogens is 3. The molecule has 2 atom stereocenters. The minimum absolute atomic E-state index is 0.135. The summed E-state index contributed by atoms with van der Waals surface area (Å²) in [6.45, 7) is 4.71. The number of β-amino-alcohol motifs (C(OH)–C–C–N with tert-alkyl or cyclic N) is 1. The van der Waals surface area contributed by atoms with Crippen LogP contribution >= 0.6 is 0 Å². The maximum absolute atomic E-state index is 14.6. The van der Waals surface area contributed by atoms with Crippen LogP contribution in [0.25, 0.3) is 10.9 Å². The van der Waals surface area contributed by atoms with Gasteiger partial charge in [-0.1, -0.05) is 18.2 Å². The topological polar surface area (TPSA) is 74.2 Å². The molecular weight excluding hydrogens is 407 g/mol. The minimum atomic E-state index is -2.89. The molecule has 31 heavy (non-hydrogen) atoms. The minimum Gasteiger partial charge on any atom is -0.391 e. The number of aryl methyl sites for hydroxylation is 1. The molecular formula is C22H24F3N5O. The molecule has 4 rings (SSSR count). The van der Waals surface area contributed by atoms with Gasteiger partial charge in [0.1, 0.15) is 23.3 Å². The monoisotopic (exact) mass is 431 g/mol. The molecule has 1 saturated heterocycles. The van der Waals surface area contributed by atoms with E-state index < -0.39 is 30.0 Å². The van der Waals surface area contributed by atoms with Crippen molar-refractivity contribution in [3.05, 3.63) is 53.2 Å². The average molecular weight is 431 g/mol. The Balaban J connectivity index is 1.70. The SMILES string of the molecule is Cc1nc(N[C@H](C)c2cccc(C(F)F)c2F)c2cc(N3CCC[C@@H](O)C3)ncc2n1. The lowest BCUT2D eigenvalue weighted by Crippen LogP contribution is -2.38. The van der Waals surface area contributed by atoms with Crippen molar-refractivity contribution in [3.8, 4) is 0 Å². The number of pyridine rings is 1. The van der Waals surface area contributed by atoms with Crippen molar-refractivity contribution < 1.29 is 18.3 Å². The Morgan fingerprint density at radius 2 is 2.00 bits per heavy atom. The van der Waals surface area contributed by atoms with Crippen LogP contribution in [0, 0.1) is 12.7 Å². The molecule has 164 valence electrons. The summed E-state index contributed by atoms with van der Waals surface area (Å²) in [5.41, 5.74) is 0.131.